The molecule has 0 spiro atoms. The minimum absolute atomic E-state index is 0.237. The third kappa shape index (κ3) is 7.57. The Morgan fingerprint density at radius 2 is 2.10 bits per heavy atom. The van der Waals surface area contributed by atoms with Gasteiger partial charge in [-0.25, -0.2) is 4.98 Å². The second-order valence-electron chi connectivity index (χ2n) is 4.89. The van der Waals surface area contributed by atoms with Gasteiger partial charge in [-0.3, -0.25) is 9.78 Å². The number of likely N-dealkylation sites (N-methyl/N-ethyl adjacent to an activating group) is 1. The molecular formula is C14H25N5O2. The molecule has 0 bridgehead atoms. The summed E-state index contributed by atoms with van der Waals surface area (Å²) in [4.78, 5) is 22.2. The smallest absolute Gasteiger partial charge is 0.271 e. The monoisotopic (exact) mass is 295 g/mol. The van der Waals surface area contributed by atoms with E-state index in [2.05, 4.69) is 27.5 Å². The van der Waals surface area contributed by atoms with Crippen LogP contribution >= 0.6 is 0 Å². The lowest BCUT2D eigenvalue weighted by molar-refractivity contribution is 0.0895. The van der Waals surface area contributed by atoms with Crippen molar-refractivity contribution in [2.75, 3.05) is 52.3 Å². The summed E-state index contributed by atoms with van der Waals surface area (Å²) in [5.74, 6) is 0.380. The van der Waals surface area contributed by atoms with Crippen molar-refractivity contribution in [3.05, 3.63) is 18.1 Å². The molecular weight excluding hydrogens is 270 g/mol. The zero-order chi connectivity index (χ0) is 15.5. The van der Waals surface area contributed by atoms with Gasteiger partial charge < -0.3 is 20.3 Å². The molecule has 1 aromatic rings. The van der Waals surface area contributed by atoms with Crippen LogP contribution in [-0.4, -0.2) is 67.7 Å². The van der Waals surface area contributed by atoms with Crippen molar-refractivity contribution in [2.24, 2.45) is 0 Å². The number of rotatable bonds is 10. The normalized spacial score (nSPS) is 10.7. The van der Waals surface area contributed by atoms with Crippen molar-refractivity contribution >= 4 is 11.7 Å². The van der Waals surface area contributed by atoms with E-state index in [1.807, 2.05) is 19.0 Å². The average molecular weight is 295 g/mol. The summed E-state index contributed by atoms with van der Waals surface area (Å²) in [7, 11) is 3.98. The highest BCUT2D eigenvalue weighted by atomic mass is 16.5. The molecule has 7 heteroatoms. The predicted octanol–water partition coefficient (Wildman–Crippen LogP) is 0.607. The first-order chi connectivity index (χ1) is 10.1. The van der Waals surface area contributed by atoms with E-state index in [1.54, 1.807) is 6.20 Å². The Labute approximate surface area is 126 Å². The van der Waals surface area contributed by atoms with Gasteiger partial charge in [-0.05, 0) is 20.5 Å². The van der Waals surface area contributed by atoms with Gasteiger partial charge in [0.25, 0.3) is 5.91 Å². The van der Waals surface area contributed by atoms with Gasteiger partial charge in [-0.15, -0.1) is 0 Å². The summed E-state index contributed by atoms with van der Waals surface area (Å²) in [5, 5.41) is 5.86. The van der Waals surface area contributed by atoms with E-state index in [1.165, 1.54) is 6.20 Å². The number of nitrogens with zero attached hydrogens (tertiary/aromatic N) is 3. The van der Waals surface area contributed by atoms with Gasteiger partial charge >= 0.3 is 0 Å². The maximum absolute atomic E-state index is 11.9. The summed E-state index contributed by atoms with van der Waals surface area (Å²) in [5.41, 5.74) is 0.310. The molecule has 0 aliphatic carbocycles. The van der Waals surface area contributed by atoms with Crippen molar-refractivity contribution < 1.29 is 9.53 Å². The number of amides is 1. The molecule has 0 aliphatic heterocycles. The van der Waals surface area contributed by atoms with Crippen molar-refractivity contribution in [1.82, 2.24) is 20.2 Å². The van der Waals surface area contributed by atoms with Crippen LogP contribution < -0.4 is 10.6 Å². The number of anilines is 1. The van der Waals surface area contributed by atoms with Gasteiger partial charge in [0.05, 0.1) is 25.6 Å². The molecule has 21 heavy (non-hydrogen) atoms. The number of hydrogen-bond acceptors (Lipinski definition) is 6. The fraction of sp³-hybridized carbons (Fsp3) is 0.643. The van der Waals surface area contributed by atoms with Gasteiger partial charge in [0.1, 0.15) is 11.5 Å². The fourth-order valence-electron chi connectivity index (χ4n) is 1.49. The molecule has 0 atom stereocenters. The van der Waals surface area contributed by atoms with E-state index in [0.717, 1.165) is 19.5 Å². The van der Waals surface area contributed by atoms with Crippen LogP contribution in [0.15, 0.2) is 12.4 Å². The molecule has 2 N–H and O–H groups in total. The minimum Gasteiger partial charge on any atom is -0.378 e. The molecule has 0 fully saturated rings. The van der Waals surface area contributed by atoms with Crippen LogP contribution in [0.25, 0.3) is 0 Å². The van der Waals surface area contributed by atoms with Crippen molar-refractivity contribution in [1.29, 1.82) is 0 Å². The Kier molecular flexibility index (Phi) is 8.30. The van der Waals surface area contributed by atoms with E-state index in [9.17, 15) is 4.79 Å². The molecule has 1 amide bonds. The first-order valence-electron chi connectivity index (χ1n) is 7.20. The van der Waals surface area contributed by atoms with Crippen molar-refractivity contribution in [3.8, 4) is 0 Å². The van der Waals surface area contributed by atoms with Gasteiger partial charge in [-0.2, -0.15) is 0 Å². The molecule has 7 nitrogen and oxygen atoms in total. The molecule has 1 aromatic heterocycles. The Bertz CT molecular complexity index is 426. The highest BCUT2D eigenvalue weighted by Crippen LogP contribution is 2.02. The first-order valence-corrected chi connectivity index (χ1v) is 7.20. The molecule has 1 heterocycles. The number of ether oxygens (including phenoxy) is 1. The second-order valence-corrected chi connectivity index (χ2v) is 4.89. The molecule has 0 saturated heterocycles. The molecule has 0 aliphatic rings. The highest BCUT2D eigenvalue weighted by molar-refractivity contribution is 5.92. The molecule has 0 unspecified atom stereocenters. The number of hydrogen-bond donors (Lipinski definition) is 2. The highest BCUT2D eigenvalue weighted by Gasteiger charge is 2.07. The molecule has 1 rings (SSSR count). The quantitative estimate of drug-likeness (QED) is 0.616. The zero-order valence-corrected chi connectivity index (χ0v) is 13.1. The Morgan fingerprint density at radius 1 is 1.29 bits per heavy atom. The second kappa shape index (κ2) is 10.1. The van der Waals surface area contributed by atoms with Crippen molar-refractivity contribution in [2.45, 2.75) is 13.3 Å². The van der Waals surface area contributed by atoms with E-state index in [4.69, 9.17) is 4.74 Å². The van der Waals surface area contributed by atoms with Crippen molar-refractivity contribution in [3.63, 3.8) is 0 Å². The fourth-order valence-corrected chi connectivity index (χ4v) is 1.49. The van der Waals surface area contributed by atoms with E-state index >= 15 is 0 Å². The molecule has 0 aromatic carbocycles. The van der Waals surface area contributed by atoms with Gasteiger partial charge in [0.15, 0.2) is 0 Å². The van der Waals surface area contributed by atoms with Crippen LogP contribution in [0.2, 0.25) is 0 Å². The van der Waals surface area contributed by atoms with Crippen LogP contribution in [-0.2, 0) is 4.74 Å². The predicted molar refractivity (Wildman–Crippen MR) is 82.5 cm³/mol. The SMILES string of the molecule is CCCNc1cncc(C(=O)NCCOCCN(C)C)n1. The summed E-state index contributed by atoms with van der Waals surface area (Å²) in [6.07, 6.45) is 4.05. The molecule has 118 valence electrons. The Hall–Kier alpha value is -1.73. The van der Waals surface area contributed by atoms with Crippen LogP contribution in [0.4, 0.5) is 5.82 Å². The minimum atomic E-state index is -0.237. The lowest BCUT2D eigenvalue weighted by Gasteiger charge is -2.10. The summed E-state index contributed by atoms with van der Waals surface area (Å²) < 4.78 is 5.40. The van der Waals surface area contributed by atoms with Crippen LogP contribution in [0.1, 0.15) is 23.8 Å². The summed E-state index contributed by atoms with van der Waals surface area (Å²) >= 11 is 0. The van der Waals surface area contributed by atoms with Crippen LogP contribution in [0.5, 0.6) is 0 Å². The van der Waals surface area contributed by atoms with E-state index in [-0.39, 0.29) is 5.91 Å². The topological polar surface area (TPSA) is 79.4 Å². The number of carbonyl (C=O) groups is 1. The van der Waals surface area contributed by atoms with E-state index < -0.39 is 0 Å². The standard InChI is InChI=1S/C14H25N5O2/c1-4-5-16-13-11-15-10-12(18-13)14(20)17-6-8-21-9-7-19(2)3/h10-11H,4-9H2,1-3H3,(H,16,18)(H,17,20). The maximum Gasteiger partial charge on any atom is 0.271 e. The molecule has 0 saturated carbocycles. The summed E-state index contributed by atoms with van der Waals surface area (Å²) in [6, 6.07) is 0. The zero-order valence-electron chi connectivity index (χ0n) is 13.1. The summed E-state index contributed by atoms with van der Waals surface area (Å²) in [6.45, 7) is 5.33. The Morgan fingerprint density at radius 3 is 2.81 bits per heavy atom. The largest absolute Gasteiger partial charge is 0.378 e. The average Bonchev–Trinajstić information content (AvgIpc) is 2.48. The van der Waals surface area contributed by atoms with Gasteiger partial charge in [0.2, 0.25) is 0 Å². The lowest BCUT2D eigenvalue weighted by Crippen LogP contribution is -2.29. The van der Waals surface area contributed by atoms with E-state index in [0.29, 0.717) is 31.3 Å². The number of nitrogens with one attached hydrogen (secondary N) is 2. The van der Waals surface area contributed by atoms with Crippen LogP contribution in [0, 0.1) is 0 Å². The Balaban J connectivity index is 2.28. The number of aromatic nitrogens is 2. The third-order valence-corrected chi connectivity index (χ3v) is 2.64. The van der Waals surface area contributed by atoms with Gasteiger partial charge in [-0.1, -0.05) is 6.92 Å². The first kappa shape index (κ1) is 17.3. The van der Waals surface area contributed by atoms with Gasteiger partial charge in [0, 0.05) is 19.6 Å². The lowest BCUT2D eigenvalue weighted by atomic mass is 10.4. The molecule has 0 radical (unpaired) electrons. The third-order valence-electron chi connectivity index (χ3n) is 2.64. The number of carbonyl (C=O) groups excluding carboxylic acids is 1. The maximum atomic E-state index is 11.9. The van der Waals surface area contributed by atoms with Crippen LogP contribution in [0.3, 0.4) is 0 Å².